The molecule has 0 atom stereocenters. The van der Waals surface area contributed by atoms with Crippen LogP contribution in [0.3, 0.4) is 0 Å². The highest BCUT2D eigenvalue weighted by atomic mass is 16.5. The summed E-state index contributed by atoms with van der Waals surface area (Å²) < 4.78 is 7.80. The van der Waals surface area contributed by atoms with E-state index in [1.165, 1.54) is 0 Å². The molecule has 0 spiro atoms. The Morgan fingerprint density at radius 2 is 2.11 bits per heavy atom. The number of nitrogens with zero attached hydrogens (tertiary/aromatic N) is 2. The maximum Gasteiger partial charge on any atom is 0.235 e. The maximum atomic E-state index is 5.94. The normalized spacial score (nSPS) is 24.2. The Morgan fingerprint density at radius 1 is 1.39 bits per heavy atom. The van der Waals surface area contributed by atoms with Gasteiger partial charge in [0.25, 0.3) is 0 Å². The molecule has 1 heterocycles. The molecule has 1 fully saturated rings. The summed E-state index contributed by atoms with van der Waals surface area (Å²) >= 11 is 0. The van der Waals surface area contributed by atoms with E-state index in [1.807, 2.05) is 0 Å². The molecule has 0 bridgehead atoms. The van der Waals surface area contributed by atoms with E-state index in [0.29, 0.717) is 12.1 Å². The Balaban J connectivity index is 1.95. The summed E-state index contributed by atoms with van der Waals surface area (Å²) in [5, 5.41) is 4.58. The van der Waals surface area contributed by atoms with Gasteiger partial charge in [0.2, 0.25) is 5.88 Å². The SMILES string of the molecule is CCCCOc1nn([C@H]2CC[C@H](N)CC2)cc1C. The van der Waals surface area contributed by atoms with Crippen molar-refractivity contribution in [3.05, 3.63) is 11.8 Å². The van der Waals surface area contributed by atoms with E-state index in [0.717, 1.165) is 56.6 Å². The lowest BCUT2D eigenvalue weighted by Crippen LogP contribution is -2.28. The van der Waals surface area contributed by atoms with Crippen molar-refractivity contribution < 1.29 is 4.74 Å². The summed E-state index contributed by atoms with van der Waals surface area (Å²) in [4.78, 5) is 0. The summed E-state index contributed by atoms with van der Waals surface area (Å²) in [5.41, 5.74) is 7.08. The van der Waals surface area contributed by atoms with Crippen LogP contribution < -0.4 is 10.5 Å². The zero-order valence-corrected chi connectivity index (χ0v) is 11.6. The van der Waals surface area contributed by atoms with Crippen LogP contribution in [0.4, 0.5) is 0 Å². The van der Waals surface area contributed by atoms with Crippen molar-refractivity contribution >= 4 is 0 Å². The molecule has 4 heteroatoms. The van der Waals surface area contributed by atoms with Gasteiger partial charge in [-0.1, -0.05) is 13.3 Å². The highest BCUT2D eigenvalue weighted by Crippen LogP contribution is 2.29. The lowest BCUT2D eigenvalue weighted by Gasteiger charge is -2.26. The molecule has 0 aromatic carbocycles. The molecule has 1 saturated carbocycles. The van der Waals surface area contributed by atoms with Crippen LogP contribution >= 0.6 is 0 Å². The highest BCUT2D eigenvalue weighted by Gasteiger charge is 2.21. The molecule has 1 aliphatic rings. The van der Waals surface area contributed by atoms with Crippen LogP contribution in [0.2, 0.25) is 0 Å². The molecule has 2 rings (SSSR count). The molecule has 4 nitrogen and oxygen atoms in total. The van der Waals surface area contributed by atoms with Gasteiger partial charge in [0.1, 0.15) is 0 Å². The first-order valence-electron chi connectivity index (χ1n) is 7.14. The Hall–Kier alpha value is -1.03. The van der Waals surface area contributed by atoms with Gasteiger partial charge in [-0.3, -0.25) is 4.68 Å². The molecule has 102 valence electrons. The van der Waals surface area contributed by atoms with E-state index in [9.17, 15) is 0 Å². The summed E-state index contributed by atoms with van der Waals surface area (Å²) in [6.45, 7) is 5.00. The van der Waals surface area contributed by atoms with Gasteiger partial charge in [0, 0.05) is 17.8 Å². The predicted octanol–water partition coefficient (Wildman–Crippen LogP) is 2.81. The molecule has 0 saturated heterocycles. The third kappa shape index (κ3) is 3.25. The number of aryl methyl sites for hydroxylation is 1. The lowest BCUT2D eigenvalue weighted by atomic mass is 9.92. The average molecular weight is 251 g/mol. The van der Waals surface area contributed by atoms with E-state index in [1.54, 1.807) is 0 Å². The van der Waals surface area contributed by atoms with E-state index in [-0.39, 0.29) is 0 Å². The molecule has 18 heavy (non-hydrogen) atoms. The second kappa shape index (κ2) is 6.23. The fourth-order valence-corrected chi connectivity index (χ4v) is 2.48. The predicted molar refractivity (Wildman–Crippen MR) is 72.8 cm³/mol. The van der Waals surface area contributed by atoms with Gasteiger partial charge in [0.15, 0.2) is 0 Å². The molecule has 0 aliphatic heterocycles. The first-order chi connectivity index (χ1) is 8.70. The van der Waals surface area contributed by atoms with Crippen LogP contribution in [-0.4, -0.2) is 22.4 Å². The van der Waals surface area contributed by atoms with Crippen LogP contribution in [0.5, 0.6) is 5.88 Å². The van der Waals surface area contributed by atoms with Crippen LogP contribution in [0, 0.1) is 6.92 Å². The van der Waals surface area contributed by atoms with Crippen molar-refractivity contribution in [1.29, 1.82) is 0 Å². The molecule has 0 unspecified atom stereocenters. The first-order valence-corrected chi connectivity index (χ1v) is 7.14. The number of unbranched alkanes of at least 4 members (excludes halogenated alkanes) is 1. The quantitative estimate of drug-likeness (QED) is 0.819. The van der Waals surface area contributed by atoms with Gasteiger partial charge < -0.3 is 10.5 Å². The van der Waals surface area contributed by atoms with Gasteiger partial charge >= 0.3 is 0 Å². The molecule has 1 aromatic rings. The second-order valence-electron chi connectivity index (χ2n) is 5.37. The summed E-state index contributed by atoms with van der Waals surface area (Å²) in [7, 11) is 0. The number of aromatic nitrogens is 2. The van der Waals surface area contributed by atoms with Crippen LogP contribution in [-0.2, 0) is 0 Å². The van der Waals surface area contributed by atoms with Crippen LogP contribution in [0.1, 0.15) is 57.1 Å². The van der Waals surface area contributed by atoms with Crippen molar-refractivity contribution in [1.82, 2.24) is 9.78 Å². The molecule has 0 radical (unpaired) electrons. The fourth-order valence-electron chi connectivity index (χ4n) is 2.48. The Morgan fingerprint density at radius 3 is 2.78 bits per heavy atom. The van der Waals surface area contributed by atoms with E-state index in [2.05, 4.69) is 29.8 Å². The number of ether oxygens (including phenoxy) is 1. The molecular weight excluding hydrogens is 226 g/mol. The molecule has 0 amide bonds. The molecule has 1 aliphatic carbocycles. The number of nitrogens with two attached hydrogens (primary N) is 1. The zero-order valence-electron chi connectivity index (χ0n) is 11.6. The fraction of sp³-hybridized carbons (Fsp3) is 0.786. The largest absolute Gasteiger partial charge is 0.476 e. The van der Waals surface area contributed by atoms with Gasteiger partial charge in [0.05, 0.1) is 12.6 Å². The lowest BCUT2D eigenvalue weighted by molar-refractivity contribution is 0.272. The Kier molecular flexibility index (Phi) is 4.64. The third-order valence-electron chi connectivity index (χ3n) is 3.72. The summed E-state index contributed by atoms with van der Waals surface area (Å²) in [6, 6.07) is 0.894. The number of hydrogen-bond acceptors (Lipinski definition) is 3. The van der Waals surface area contributed by atoms with Crippen molar-refractivity contribution in [3.8, 4) is 5.88 Å². The van der Waals surface area contributed by atoms with Crippen molar-refractivity contribution in [2.75, 3.05) is 6.61 Å². The van der Waals surface area contributed by atoms with Crippen molar-refractivity contribution in [2.45, 2.75) is 64.5 Å². The van der Waals surface area contributed by atoms with Gasteiger partial charge in [-0.2, -0.15) is 0 Å². The minimum absolute atomic E-state index is 0.387. The van der Waals surface area contributed by atoms with Gasteiger partial charge in [-0.25, -0.2) is 0 Å². The highest BCUT2D eigenvalue weighted by molar-refractivity contribution is 5.21. The van der Waals surface area contributed by atoms with Gasteiger partial charge in [-0.05, 0) is 39.0 Å². The van der Waals surface area contributed by atoms with Crippen LogP contribution in [0.15, 0.2) is 6.20 Å². The number of hydrogen-bond donors (Lipinski definition) is 1. The molecule has 2 N–H and O–H groups in total. The molecule has 1 aromatic heterocycles. The van der Waals surface area contributed by atoms with E-state index in [4.69, 9.17) is 10.5 Å². The summed E-state index contributed by atoms with van der Waals surface area (Å²) in [5.74, 6) is 0.804. The minimum atomic E-state index is 0.387. The molecular formula is C14H25N3O. The van der Waals surface area contributed by atoms with Gasteiger partial charge in [-0.15, -0.1) is 5.10 Å². The van der Waals surface area contributed by atoms with E-state index < -0.39 is 0 Å². The third-order valence-corrected chi connectivity index (χ3v) is 3.72. The Labute approximate surface area is 110 Å². The van der Waals surface area contributed by atoms with Crippen molar-refractivity contribution in [3.63, 3.8) is 0 Å². The maximum absolute atomic E-state index is 5.94. The van der Waals surface area contributed by atoms with Crippen molar-refractivity contribution in [2.24, 2.45) is 5.73 Å². The smallest absolute Gasteiger partial charge is 0.235 e. The topological polar surface area (TPSA) is 53.1 Å². The zero-order chi connectivity index (χ0) is 13.0. The number of rotatable bonds is 5. The second-order valence-corrected chi connectivity index (χ2v) is 5.37. The standard InChI is InChI=1S/C14H25N3O/c1-3-4-9-18-14-11(2)10-17(16-14)13-7-5-12(15)6-8-13/h10,12-13H,3-9,15H2,1-2H3/t12-,13-. The average Bonchev–Trinajstić information content (AvgIpc) is 2.72. The Bertz CT molecular complexity index is 367. The van der Waals surface area contributed by atoms with E-state index >= 15 is 0 Å². The minimum Gasteiger partial charge on any atom is -0.476 e. The monoisotopic (exact) mass is 251 g/mol. The van der Waals surface area contributed by atoms with Crippen LogP contribution in [0.25, 0.3) is 0 Å². The summed E-state index contributed by atoms with van der Waals surface area (Å²) in [6.07, 6.45) is 8.84. The first kappa shape index (κ1) is 13.4.